The molecule has 0 aromatic heterocycles. The Bertz CT molecular complexity index is 577. The van der Waals surface area contributed by atoms with Crippen molar-refractivity contribution in [1.82, 2.24) is 0 Å². The van der Waals surface area contributed by atoms with E-state index in [1.807, 2.05) is 6.92 Å². The second-order valence-corrected chi connectivity index (χ2v) is 5.26. The Balaban J connectivity index is 2.71. The maximum absolute atomic E-state index is 11.9. The summed E-state index contributed by atoms with van der Waals surface area (Å²) in [7, 11) is 0. The second-order valence-electron chi connectivity index (χ2n) is 5.26. The van der Waals surface area contributed by atoms with Crippen LogP contribution in [0.5, 0.6) is 0 Å². The molecule has 0 bridgehead atoms. The van der Waals surface area contributed by atoms with Crippen LogP contribution in [0.4, 0.5) is 0 Å². The van der Waals surface area contributed by atoms with Crippen LogP contribution in [0.1, 0.15) is 38.0 Å². The van der Waals surface area contributed by atoms with Gasteiger partial charge in [-0.3, -0.25) is 10.5 Å². The lowest BCUT2D eigenvalue weighted by molar-refractivity contribution is -0.168. The van der Waals surface area contributed by atoms with Crippen LogP contribution in [0.15, 0.2) is 30.3 Å². The fourth-order valence-electron chi connectivity index (χ4n) is 1.79. The highest BCUT2D eigenvalue weighted by Gasteiger charge is 2.46. The van der Waals surface area contributed by atoms with E-state index in [1.165, 1.54) is 0 Å². The smallest absolute Gasteiger partial charge is 0.338 e. The van der Waals surface area contributed by atoms with Crippen LogP contribution in [-0.2, 0) is 23.9 Å². The fourth-order valence-corrected chi connectivity index (χ4v) is 1.79. The van der Waals surface area contributed by atoms with Gasteiger partial charge in [-0.1, -0.05) is 43.7 Å². The first-order valence-corrected chi connectivity index (χ1v) is 7.50. The Morgan fingerprint density at radius 1 is 1.25 bits per heavy atom. The van der Waals surface area contributed by atoms with E-state index in [1.54, 1.807) is 30.3 Å². The highest BCUT2D eigenvalue weighted by atomic mass is 16.6. The summed E-state index contributed by atoms with van der Waals surface area (Å²) in [6.45, 7) is 1.91. The minimum atomic E-state index is -2.51. The Kier molecular flexibility index (Phi) is 7.34. The van der Waals surface area contributed by atoms with Gasteiger partial charge in [0.05, 0.1) is 13.0 Å². The zero-order valence-corrected chi connectivity index (χ0v) is 13.4. The normalized spacial score (nSPS) is 14.3. The number of nitrogens with two attached hydrogens (primary N) is 2. The molecule has 132 valence electrons. The van der Waals surface area contributed by atoms with Crippen molar-refractivity contribution in [2.24, 2.45) is 11.5 Å². The van der Waals surface area contributed by atoms with Crippen LogP contribution >= 0.6 is 0 Å². The highest BCUT2D eigenvalue weighted by molar-refractivity contribution is 6.06. The van der Waals surface area contributed by atoms with E-state index in [9.17, 15) is 19.5 Å². The number of hydrogen-bond donors (Lipinski definition) is 3. The second kappa shape index (κ2) is 8.99. The average Bonchev–Trinajstić information content (AvgIpc) is 2.55. The van der Waals surface area contributed by atoms with Gasteiger partial charge in [-0.15, -0.1) is 0 Å². The standard InChI is InChI=1S/C16H22N2O6/c1-2-3-9-23-15(22)16(18,14(20)21)10-12(19)24-13(17)11-7-5-4-6-8-11/h4-8,13H,2-3,9-10,17-18H2,1H3,(H,20,21). The first-order chi connectivity index (χ1) is 11.3. The molecule has 8 nitrogen and oxygen atoms in total. The summed E-state index contributed by atoms with van der Waals surface area (Å²) < 4.78 is 9.76. The summed E-state index contributed by atoms with van der Waals surface area (Å²) in [5, 5.41) is 9.19. The number of unbranched alkanes of at least 4 members (excludes halogenated alkanes) is 1. The SMILES string of the molecule is CCCCOC(=O)C(N)(CC(=O)OC(N)c1ccccc1)C(=O)O. The van der Waals surface area contributed by atoms with E-state index in [-0.39, 0.29) is 6.61 Å². The minimum absolute atomic E-state index is 0.0279. The Morgan fingerprint density at radius 2 is 1.88 bits per heavy atom. The van der Waals surface area contributed by atoms with E-state index < -0.39 is 36.1 Å². The van der Waals surface area contributed by atoms with Gasteiger partial charge >= 0.3 is 17.9 Å². The van der Waals surface area contributed by atoms with Gasteiger partial charge in [0, 0.05) is 5.56 Å². The summed E-state index contributed by atoms with van der Waals surface area (Å²) in [5.41, 5.74) is 9.29. The number of aliphatic carboxylic acids is 1. The van der Waals surface area contributed by atoms with Crippen molar-refractivity contribution in [3.63, 3.8) is 0 Å². The minimum Gasteiger partial charge on any atom is -0.479 e. The average molecular weight is 338 g/mol. The van der Waals surface area contributed by atoms with Crippen molar-refractivity contribution in [3.05, 3.63) is 35.9 Å². The van der Waals surface area contributed by atoms with Gasteiger partial charge in [-0.2, -0.15) is 0 Å². The molecule has 8 heteroatoms. The van der Waals surface area contributed by atoms with Crippen LogP contribution in [0.2, 0.25) is 0 Å². The molecule has 0 saturated heterocycles. The lowest BCUT2D eigenvalue weighted by Gasteiger charge is -2.22. The lowest BCUT2D eigenvalue weighted by atomic mass is 9.97. The van der Waals surface area contributed by atoms with E-state index in [4.69, 9.17) is 20.9 Å². The van der Waals surface area contributed by atoms with E-state index in [2.05, 4.69) is 0 Å². The molecule has 0 fully saturated rings. The zero-order chi connectivity index (χ0) is 18.2. The predicted octanol–water partition coefficient (Wildman–Crippen LogP) is 0.703. The quantitative estimate of drug-likeness (QED) is 0.258. The predicted molar refractivity (Wildman–Crippen MR) is 84.5 cm³/mol. The van der Waals surface area contributed by atoms with Crippen molar-refractivity contribution in [2.75, 3.05) is 6.61 Å². The molecule has 5 N–H and O–H groups in total. The number of carboxylic acids is 1. The number of carboxylic acid groups (broad SMARTS) is 1. The van der Waals surface area contributed by atoms with Gasteiger partial charge in [0.1, 0.15) is 0 Å². The van der Waals surface area contributed by atoms with Gasteiger partial charge in [0.15, 0.2) is 6.23 Å². The molecule has 1 rings (SSSR count). The molecule has 0 radical (unpaired) electrons. The number of esters is 2. The number of ether oxygens (including phenoxy) is 2. The first kappa shape index (κ1) is 19.6. The summed E-state index contributed by atoms with van der Waals surface area (Å²) in [4.78, 5) is 35.2. The van der Waals surface area contributed by atoms with Crippen molar-refractivity contribution in [1.29, 1.82) is 0 Å². The first-order valence-electron chi connectivity index (χ1n) is 7.50. The van der Waals surface area contributed by atoms with Crippen LogP contribution in [-0.4, -0.2) is 35.2 Å². The third-order valence-electron chi connectivity index (χ3n) is 3.29. The summed E-state index contributed by atoms with van der Waals surface area (Å²) in [6, 6.07) is 8.46. The van der Waals surface area contributed by atoms with E-state index in [0.717, 1.165) is 6.42 Å². The number of carbonyl (C=O) groups excluding carboxylic acids is 2. The molecule has 0 aliphatic heterocycles. The molecule has 2 unspecified atom stereocenters. The fraction of sp³-hybridized carbons (Fsp3) is 0.438. The van der Waals surface area contributed by atoms with Gasteiger partial charge in [0.2, 0.25) is 5.54 Å². The number of rotatable bonds is 9. The molecule has 0 saturated carbocycles. The summed E-state index contributed by atoms with van der Waals surface area (Å²) in [6.07, 6.45) is -0.655. The van der Waals surface area contributed by atoms with Gasteiger partial charge in [-0.05, 0) is 6.42 Å². The third-order valence-corrected chi connectivity index (χ3v) is 3.29. The molecular weight excluding hydrogens is 316 g/mol. The molecule has 1 aromatic rings. The van der Waals surface area contributed by atoms with Crippen molar-refractivity contribution in [2.45, 2.75) is 38.0 Å². The maximum atomic E-state index is 11.9. The molecule has 0 aliphatic rings. The van der Waals surface area contributed by atoms with Crippen LogP contribution in [0.25, 0.3) is 0 Å². The van der Waals surface area contributed by atoms with Gasteiger partial charge < -0.3 is 20.3 Å². The van der Waals surface area contributed by atoms with Crippen LogP contribution in [0, 0.1) is 0 Å². The highest BCUT2D eigenvalue weighted by Crippen LogP contribution is 2.16. The number of benzene rings is 1. The third kappa shape index (κ3) is 5.32. The molecule has 0 spiro atoms. The number of hydrogen-bond acceptors (Lipinski definition) is 7. The van der Waals surface area contributed by atoms with Gasteiger partial charge in [0.25, 0.3) is 0 Å². The van der Waals surface area contributed by atoms with Crippen molar-refractivity contribution < 1.29 is 29.0 Å². The molecular formula is C16H22N2O6. The lowest BCUT2D eigenvalue weighted by Crippen LogP contribution is -2.57. The van der Waals surface area contributed by atoms with Crippen LogP contribution in [0.3, 0.4) is 0 Å². The largest absolute Gasteiger partial charge is 0.479 e. The van der Waals surface area contributed by atoms with E-state index in [0.29, 0.717) is 12.0 Å². The van der Waals surface area contributed by atoms with Gasteiger partial charge in [-0.25, -0.2) is 9.59 Å². The maximum Gasteiger partial charge on any atom is 0.338 e. The summed E-state index contributed by atoms with van der Waals surface area (Å²) in [5.74, 6) is -3.87. The Morgan fingerprint density at radius 3 is 2.42 bits per heavy atom. The summed E-state index contributed by atoms with van der Waals surface area (Å²) >= 11 is 0. The van der Waals surface area contributed by atoms with E-state index >= 15 is 0 Å². The Hall–Kier alpha value is -2.45. The molecule has 0 aliphatic carbocycles. The monoisotopic (exact) mass is 338 g/mol. The number of carbonyl (C=O) groups is 3. The molecule has 24 heavy (non-hydrogen) atoms. The molecule has 0 heterocycles. The van der Waals surface area contributed by atoms with Crippen LogP contribution < -0.4 is 11.5 Å². The topological polar surface area (TPSA) is 142 Å². The zero-order valence-electron chi connectivity index (χ0n) is 13.4. The molecule has 0 amide bonds. The van der Waals surface area contributed by atoms with Crippen molar-refractivity contribution in [3.8, 4) is 0 Å². The Labute approximate surface area is 139 Å². The molecule has 1 aromatic carbocycles. The molecule has 2 atom stereocenters. The van der Waals surface area contributed by atoms with Crippen molar-refractivity contribution >= 4 is 17.9 Å².